The van der Waals surface area contributed by atoms with Gasteiger partial charge in [0.1, 0.15) is 30.5 Å². The van der Waals surface area contributed by atoms with E-state index in [0.717, 1.165) is 0 Å². The third-order valence-corrected chi connectivity index (χ3v) is 8.95. The van der Waals surface area contributed by atoms with E-state index in [1.165, 1.54) is 14.0 Å². The summed E-state index contributed by atoms with van der Waals surface area (Å²) in [4.78, 5) is 11.9. The fraction of sp³-hybridized carbons (Fsp3) is 0.967. The first kappa shape index (κ1) is 35.8. The largest absolute Gasteiger partial charge is 0.454 e. The van der Waals surface area contributed by atoms with Gasteiger partial charge >= 0.3 is 5.97 Å². The lowest BCUT2D eigenvalue weighted by Crippen LogP contribution is -2.62. The summed E-state index contributed by atoms with van der Waals surface area (Å²) in [5.74, 6) is -0.564. The smallest absolute Gasteiger partial charge is 0.303 e. The van der Waals surface area contributed by atoms with Crippen LogP contribution in [0.25, 0.3) is 0 Å². The Labute approximate surface area is 259 Å². The minimum atomic E-state index is -1.04. The molecule has 0 saturated carbocycles. The molecule has 256 valence electrons. The van der Waals surface area contributed by atoms with Gasteiger partial charge in [0.25, 0.3) is 0 Å². The third kappa shape index (κ3) is 8.28. The fourth-order valence-electron chi connectivity index (χ4n) is 6.70. The lowest BCUT2D eigenvalue weighted by molar-refractivity contribution is -0.353. The lowest BCUT2D eigenvalue weighted by Gasteiger charge is -2.47. The number of hydrogen-bond acceptors (Lipinski definition) is 14. The van der Waals surface area contributed by atoms with Crippen molar-refractivity contribution in [2.75, 3.05) is 21.3 Å². The van der Waals surface area contributed by atoms with Crippen molar-refractivity contribution < 1.29 is 67.1 Å². The van der Waals surface area contributed by atoms with Crippen molar-refractivity contribution in [2.45, 2.75) is 165 Å². The maximum absolute atomic E-state index is 11.9. The van der Waals surface area contributed by atoms with Crippen LogP contribution in [0.5, 0.6) is 0 Å². The molecule has 17 unspecified atom stereocenters. The molecule has 0 aromatic carbocycles. The zero-order valence-electron chi connectivity index (χ0n) is 27.2. The van der Waals surface area contributed by atoms with Gasteiger partial charge in [0.05, 0.1) is 48.8 Å². The Kier molecular flexibility index (Phi) is 12.8. The number of methoxy groups -OCH3 is 3. The molecule has 4 aliphatic heterocycles. The Morgan fingerprint density at radius 1 is 0.614 bits per heavy atom. The number of esters is 1. The molecular formula is C30H52O14. The van der Waals surface area contributed by atoms with Crippen molar-refractivity contribution in [1.82, 2.24) is 0 Å². The minimum absolute atomic E-state index is 0.0624. The van der Waals surface area contributed by atoms with Gasteiger partial charge in [-0.05, 0) is 34.6 Å². The van der Waals surface area contributed by atoms with Crippen molar-refractivity contribution in [2.24, 2.45) is 0 Å². The van der Waals surface area contributed by atoms with Crippen LogP contribution < -0.4 is 0 Å². The Balaban J connectivity index is 1.36. The van der Waals surface area contributed by atoms with Crippen molar-refractivity contribution in [1.29, 1.82) is 0 Å². The zero-order valence-corrected chi connectivity index (χ0v) is 27.2. The van der Waals surface area contributed by atoms with Gasteiger partial charge in [-0.15, -0.1) is 0 Å². The van der Waals surface area contributed by atoms with Crippen molar-refractivity contribution in [3.8, 4) is 0 Å². The highest BCUT2D eigenvalue weighted by Gasteiger charge is 2.51. The molecule has 0 radical (unpaired) electrons. The summed E-state index contributed by atoms with van der Waals surface area (Å²) in [7, 11) is 4.63. The summed E-state index contributed by atoms with van der Waals surface area (Å²) in [5.41, 5.74) is 0. The number of carbonyl (C=O) groups is 1. The molecule has 0 aliphatic carbocycles. The van der Waals surface area contributed by atoms with Crippen molar-refractivity contribution in [3.63, 3.8) is 0 Å². The highest BCUT2D eigenvalue weighted by Crippen LogP contribution is 2.35. The van der Waals surface area contributed by atoms with Crippen LogP contribution in [-0.2, 0) is 56.9 Å². The monoisotopic (exact) mass is 636 g/mol. The van der Waals surface area contributed by atoms with E-state index in [4.69, 9.17) is 52.1 Å². The first-order valence-corrected chi connectivity index (χ1v) is 15.6. The van der Waals surface area contributed by atoms with Gasteiger partial charge in [-0.1, -0.05) is 0 Å². The SMILES string of the molecule is COC1CC(C)OC(C)C1OC1CC(O)C(OC2CC(OC)C(OC3OC(C)C(O)C(OC)C3OC(C)=O)C(C)O2)C(C)O1. The van der Waals surface area contributed by atoms with Gasteiger partial charge in [0.15, 0.2) is 25.0 Å². The van der Waals surface area contributed by atoms with E-state index in [0.29, 0.717) is 6.42 Å². The average molecular weight is 637 g/mol. The number of aliphatic hydroxyl groups excluding tert-OH is 2. The quantitative estimate of drug-likeness (QED) is 0.328. The van der Waals surface area contributed by atoms with E-state index >= 15 is 0 Å². The van der Waals surface area contributed by atoms with Crippen molar-refractivity contribution in [3.05, 3.63) is 0 Å². The molecule has 4 fully saturated rings. The molecule has 0 amide bonds. The molecule has 14 heteroatoms. The van der Waals surface area contributed by atoms with E-state index in [9.17, 15) is 15.0 Å². The maximum Gasteiger partial charge on any atom is 0.303 e. The summed E-state index contributed by atoms with van der Waals surface area (Å²) < 4.78 is 65.3. The predicted molar refractivity (Wildman–Crippen MR) is 151 cm³/mol. The lowest BCUT2D eigenvalue weighted by atomic mass is 9.97. The van der Waals surface area contributed by atoms with Crippen LogP contribution in [0.4, 0.5) is 0 Å². The fourth-order valence-corrected chi connectivity index (χ4v) is 6.70. The third-order valence-electron chi connectivity index (χ3n) is 8.95. The second-order valence-electron chi connectivity index (χ2n) is 12.3. The topological polar surface area (TPSA) is 159 Å². The summed E-state index contributed by atoms with van der Waals surface area (Å²) >= 11 is 0. The first-order chi connectivity index (χ1) is 20.9. The van der Waals surface area contributed by atoms with Gasteiger partial charge < -0.3 is 62.3 Å². The number of hydrogen-bond donors (Lipinski definition) is 2. The van der Waals surface area contributed by atoms with Crippen LogP contribution in [0.2, 0.25) is 0 Å². The molecule has 17 atom stereocenters. The summed E-state index contributed by atoms with van der Waals surface area (Å²) in [6.45, 7) is 10.5. The number of ether oxygens (including phenoxy) is 11. The molecule has 44 heavy (non-hydrogen) atoms. The van der Waals surface area contributed by atoms with Crippen LogP contribution in [-0.4, -0.2) is 142 Å². The van der Waals surface area contributed by atoms with Crippen LogP contribution in [0.1, 0.15) is 60.8 Å². The molecular weight excluding hydrogens is 584 g/mol. The Hall–Kier alpha value is -1.01. The van der Waals surface area contributed by atoms with E-state index < -0.39 is 85.9 Å². The zero-order chi connectivity index (χ0) is 32.3. The summed E-state index contributed by atoms with van der Waals surface area (Å²) in [5, 5.41) is 21.7. The molecule has 14 nitrogen and oxygen atoms in total. The number of rotatable bonds is 10. The Morgan fingerprint density at radius 3 is 1.75 bits per heavy atom. The van der Waals surface area contributed by atoms with E-state index in [1.54, 1.807) is 21.1 Å². The summed E-state index contributed by atoms with van der Waals surface area (Å²) in [6, 6.07) is 0. The Bertz CT molecular complexity index is 897. The highest BCUT2D eigenvalue weighted by atomic mass is 16.8. The highest BCUT2D eigenvalue weighted by molar-refractivity contribution is 5.66. The van der Waals surface area contributed by atoms with E-state index in [2.05, 4.69) is 0 Å². The molecule has 2 N–H and O–H groups in total. The van der Waals surface area contributed by atoms with E-state index in [1.807, 2.05) is 27.7 Å². The molecule has 0 bridgehead atoms. The van der Waals surface area contributed by atoms with Crippen LogP contribution in [0.3, 0.4) is 0 Å². The second-order valence-corrected chi connectivity index (χ2v) is 12.3. The van der Waals surface area contributed by atoms with Crippen LogP contribution >= 0.6 is 0 Å². The average Bonchev–Trinajstić information content (AvgIpc) is 2.95. The van der Waals surface area contributed by atoms with Gasteiger partial charge in [0.2, 0.25) is 0 Å². The molecule has 0 aromatic rings. The second kappa shape index (κ2) is 15.7. The van der Waals surface area contributed by atoms with Crippen molar-refractivity contribution >= 4 is 5.97 Å². The van der Waals surface area contributed by atoms with Gasteiger partial charge in [-0.25, -0.2) is 0 Å². The molecule has 4 rings (SSSR count). The first-order valence-electron chi connectivity index (χ1n) is 15.6. The van der Waals surface area contributed by atoms with Gasteiger partial charge in [-0.2, -0.15) is 0 Å². The molecule has 4 saturated heterocycles. The number of aliphatic hydroxyl groups is 2. The van der Waals surface area contributed by atoms with Gasteiger partial charge in [0, 0.05) is 47.5 Å². The van der Waals surface area contributed by atoms with Gasteiger partial charge in [-0.3, -0.25) is 4.79 Å². The molecule has 0 spiro atoms. The minimum Gasteiger partial charge on any atom is -0.454 e. The van der Waals surface area contributed by atoms with Crippen LogP contribution in [0.15, 0.2) is 0 Å². The predicted octanol–water partition coefficient (Wildman–Crippen LogP) is 1.05. The molecule has 4 aliphatic rings. The Morgan fingerprint density at radius 2 is 1.16 bits per heavy atom. The normalized spacial score (nSPS) is 48.6. The maximum atomic E-state index is 11.9. The summed E-state index contributed by atoms with van der Waals surface area (Å²) in [6.07, 6.45) is -9.14. The number of carbonyl (C=O) groups excluding carboxylic acids is 1. The van der Waals surface area contributed by atoms with E-state index in [-0.39, 0.29) is 37.3 Å². The standard InChI is InChI=1S/C30H52O14/c1-13-10-20(34-7)26(16(4)37-13)43-22-11-19(32)25(15(3)38-22)42-23-12-21(35-8)27(17(5)39-23)44-30-29(41-18(6)31)28(36-9)24(33)14(2)40-30/h13-17,19-30,32-33H,10-12H2,1-9H3. The molecule has 4 heterocycles. The molecule has 0 aromatic heterocycles. The van der Waals surface area contributed by atoms with Crippen LogP contribution in [0, 0.1) is 0 Å².